The quantitative estimate of drug-likeness (QED) is 0.134. The van der Waals surface area contributed by atoms with Gasteiger partial charge in [-0.25, -0.2) is 4.68 Å². The van der Waals surface area contributed by atoms with Crippen LogP contribution >= 0.6 is 11.8 Å². The number of hydrogen-bond donors (Lipinski definition) is 1. The number of nitrogens with one attached hydrogen (secondary N) is 1. The maximum Gasteiger partial charge on any atom is 0.298 e. The number of carbonyl (C=O) groups excluding carboxylic acids is 2. The third-order valence-electron chi connectivity index (χ3n) is 8.68. The Morgan fingerprint density at radius 1 is 0.867 bits per heavy atom. The monoisotopic (exact) mass is 616 g/mol. The van der Waals surface area contributed by atoms with Gasteiger partial charge in [0.05, 0.1) is 12.1 Å². The van der Waals surface area contributed by atoms with E-state index in [-0.39, 0.29) is 22.1 Å². The highest BCUT2D eigenvalue weighted by molar-refractivity contribution is 8.01. The lowest BCUT2D eigenvalue weighted by molar-refractivity contribution is -0.150. The van der Waals surface area contributed by atoms with Gasteiger partial charge < -0.3 is 9.64 Å². The lowest BCUT2D eigenvalue weighted by Gasteiger charge is -2.49. The van der Waals surface area contributed by atoms with E-state index in [1.54, 1.807) is 28.6 Å². The molecule has 0 spiro atoms. The molecule has 1 amide bonds. The maximum atomic E-state index is 14.3. The second kappa shape index (κ2) is 11.6. The molecular weight excluding hydrogens is 584 g/mol. The number of hydrogen-bond acceptors (Lipinski definition) is 8. The average Bonchev–Trinajstić information content (AvgIpc) is 3.62. The Labute approximate surface area is 265 Å². The van der Waals surface area contributed by atoms with E-state index in [1.165, 1.54) is 0 Å². The molecule has 0 aliphatic carbocycles. The average molecular weight is 617 g/mol. The van der Waals surface area contributed by atoms with Crippen LogP contribution in [0, 0.1) is 0 Å². The normalized spacial score (nSPS) is 20.4. The Bertz CT molecular complexity index is 1700. The summed E-state index contributed by atoms with van der Waals surface area (Å²) in [4.78, 5) is 26.9. The van der Waals surface area contributed by atoms with E-state index in [4.69, 9.17) is 4.74 Å². The molecule has 3 heterocycles. The van der Waals surface area contributed by atoms with Crippen LogP contribution in [0.25, 0.3) is 0 Å². The molecule has 2 fully saturated rings. The van der Waals surface area contributed by atoms with Gasteiger partial charge in [0, 0.05) is 4.75 Å². The van der Waals surface area contributed by atoms with Gasteiger partial charge in [0.15, 0.2) is 5.82 Å². The number of carbonyl (C=O) groups is 2. The van der Waals surface area contributed by atoms with E-state index < -0.39 is 11.6 Å². The van der Waals surface area contributed by atoms with Crippen LogP contribution in [0.5, 0.6) is 5.75 Å². The molecule has 2 saturated heterocycles. The molecule has 3 unspecified atom stereocenters. The topological polar surface area (TPSA) is 102 Å². The second-order valence-electron chi connectivity index (χ2n) is 11.8. The molecule has 7 rings (SSSR count). The number of β-lactam (4-membered cyclic amide) rings is 1. The molecule has 0 saturated carbocycles. The van der Waals surface area contributed by atoms with Crippen molar-refractivity contribution in [1.29, 1.82) is 0 Å². The summed E-state index contributed by atoms with van der Waals surface area (Å²) < 4.78 is 6.31. The van der Waals surface area contributed by atoms with Crippen LogP contribution in [0.4, 0.5) is 0 Å². The number of amides is 1. The number of rotatable bonds is 10. The number of nitrogens with zero attached hydrogens (tertiary/aromatic N) is 5. The molecule has 2 aliphatic heterocycles. The van der Waals surface area contributed by atoms with Crippen molar-refractivity contribution in [2.75, 3.05) is 0 Å². The lowest BCUT2D eigenvalue weighted by atomic mass is 9.76. The molecular formula is C35H32N6O3S. The number of benzene rings is 4. The van der Waals surface area contributed by atoms with Crippen LogP contribution in [0.15, 0.2) is 115 Å². The van der Waals surface area contributed by atoms with Crippen LogP contribution in [0.2, 0.25) is 0 Å². The molecule has 45 heavy (non-hydrogen) atoms. The molecule has 0 bridgehead atoms. The number of aromatic nitrogens is 4. The molecule has 5 aromatic rings. The van der Waals surface area contributed by atoms with Gasteiger partial charge in [0.1, 0.15) is 23.2 Å². The summed E-state index contributed by atoms with van der Waals surface area (Å²) >= 11 is 1.77. The smallest absolute Gasteiger partial charge is 0.298 e. The first-order valence-corrected chi connectivity index (χ1v) is 15.7. The molecule has 9 nitrogen and oxygen atoms in total. The van der Waals surface area contributed by atoms with Gasteiger partial charge in [-0.15, -0.1) is 16.9 Å². The van der Waals surface area contributed by atoms with Gasteiger partial charge >= 0.3 is 0 Å². The van der Waals surface area contributed by atoms with Crippen molar-refractivity contribution in [1.82, 2.24) is 30.4 Å². The van der Waals surface area contributed by atoms with Crippen LogP contribution in [0.3, 0.4) is 0 Å². The van der Waals surface area contributed by atoms with Gasteiger partial charge in [-0.2, -0.15) is 0 Å². The fourth-order valence-electron chi connectivity index (χ4n) is 6.63. The molecule has 0 radical (unpaired) electrons. The molecule has 10 heteroatoms. The molecule has 2 aliphatic rings. The van der Waals surface area contributed by atoms with Crippen molar-refractivity contribution in [2.45, 2.75) is 48.1 Å². The van der Waals surface area contributed by atoms with Crippen LogP contribution in [0.1, 0.15) is 48.0 Å². The first-order chi connectivity index (χ1) is 21.9. The number of ether oxygens (including phenoxy) is 1. The minimum absolute atomic E-state index is 0.0140. The van der Waals surface area contributed by atoms with E-state index in [1.807, 2.05) is 71.6 Å². The minimum atomic E-state index is -0.764. The van der Waals surface area contributed by atoms with Crippen molar-refractivity contribution in [3.05, 3.63) is 143 Å². The first kappa shape index (κ1) is 28.9. The first-order valence-electron chi connectivity index (χ1n) is 14.8. The van der Waals surface area contributed by atoms with Gasteiger partial charge in [-0.1, -0.05) is 103 Å². The highest BCUT2D eigenvalue weighted by Gasteiger charge is 2.64. The van der Waals surface area contributed by atoms with E-state index in [2.05, 4.69) is 71.1 Å². The summed E-state index contributed by atoms with van der Waals surface area (Å²) in [6, 6.07) is 37.4. The molecule has 1 aromatic heterocycles. The zero-order valence-corrected chi connectivity index (χ0v) is 25.7. The Hall–Kier alpha value is -4.80. The number of thioether (sulfide) groups is 1. The standard InChI is InChI=1S/C35H32N6O3S/c1-34(2)30(31-37-38-39-40(31)22-24-18-20-28(21-19-24)44-23-42)41-32(43)29(33(41)45-34)36-35(25-12-6-3-7-13-25,26-14-8-4-9-15-26)27-16-10-5-11-17-27/h3-21,23,29-30,33,36H,22H2,1-2H3. The summed E-state index contributed by atoms with van der Waals surface area (Å²) in [7, 11) is 0. The zero-order chi connectivity index (χ0) is 31.0. The Morgan fingerprint density at radius 3 is 1.96 bits per heavy atom. The van der Waals surface area contributed by atoms with Gasteiger partial charge in [-0.05, 0) is 58.7 Å². The lowest BCUT2D eigenvalue weighted by Crippen LogP contribution is -2.70. The summed E-state index contributed by atoms with van der Waals surface area (Å²) in [6.07, 6.45) is 0. The minimum Gasteiger partial charge on any atom is -0.429 e. The molecule has 226 valence electrons. The zero-order valence-electron chi connectivity index (χ0n) is 24.9. The van der Waals surface area contributed by atoms with Crippen molar-refractivity contribution in [3.63, 3.8) is 0 Å². The second-order valence-corrected chi connectivity index (χ2v) is 13.6. The van der Waals surface area contributed by atoms with E-state index >= 15 is 0 Å². The van der Waals surface area contributed by atoms with Crippen LogP contribution in [-0.2, 0) is 21.7 Å². The predicted molar refractivity (Wildman–Crippen MR) is 171 cm³/mol. The summed E-state index contributed by atoms with van der Waals surface area (Å²) in [6.45, 7) is 5.11. The van der Waals surface area contributed by atoms with Crippen LogP contribution < -0.4 is 10.1 Å². The fourth-order valence-corrected chi connectivity index (χ4v) is 8.26. The number of fused-ring (bicyclic) bond motifs is 1. The Morgan fingerprint density at radius 2 is 1.42 bits per heavy atom. The van der Waals surface area contributed by atoms with E-state index in [9.17, 15) is 9.59 Å². The SMILES string of the molecule is CC1(C)SC2C(NC(c3ccccc3)(c3ccccc3)c3ccccc3)C(=O)N2C1c1nnnn1Cc1ccc(OC=O)cc1. The summed E-state index contributed by atoms with van der Waals surface area (Å²) in [5, 5.41) is 16.5. The predicted octanol–water partition coefficient (Wildman–Crippen LogP) is 4.94. The summed E-state index contributed by atoms with van der Waals surface area (Å²) in [5.74, 6) is 1.11. The Kier molecular flexibility index (Phi) is 7.47. The van der Waals surface area contributed by atoms with E-state index in [0.29, 0.717) is 24.6 Å². The molecule has 1 N–H and O–H groups in total. The van der Waals surface area contributed by atoms with Crippen molar-refractivity contribution >= 4 is 24.1 Å². The summed E-state index contributed by atoms with van der Waals surface area (Å²) in [5.41, 5.74) is 3.35. The maximum absolute atomic E-state index is 14.3. The van der Waals surface area contributed by atoms with Gasteiger partial charge in [-0.3, -0.25) is 14.9 Å². The van der Waals surface area contributed by atoms with E-state index in [0.717, 1.165) is 22.3 Å². The third kappa shape index (κ3) is 5.00. The molecule has 3 atom stereocenters. The molecule has 4 aromatic carbocycles. The number of tetrazole rings is 1. The van der Waals surface area contributed by atoms with Crippen molar-refractivity contribution in [2.24, 2.45) is 0 Å². The third-order valence-corrected chi connectivity index (χ3v) is 10.2. The van der Waals surface area contributed by atoms with Gasteiger partial charge in [0.2, 0.25) is 5.91 Å². The van der Waals surface area contributed by atoms with Crippen molar-refractivity contribution < 1.29 is 14.3 Å². The van der Waals surface area contributed by atoms with Gasteiger partial charge in [0.25, 0.3) is 6.47 Å². The van der Waals surface area contributed by atoms with Crippen LogP contribution in [-0.4, -0.2) is 53.6 Å². The largest absolute Gasteiger partial charge is 0.429 e. The Balaban J connectivity index is 1.23. The van der Waals surface area contributed by atoms with Crippen molar-refractivity contribution in [3.8, 4) is 5.75 Å². The highest BCUT2D eigenvalue weighted by atomic mass is 32.2. The fraction of sp³-hybridized carbons (Fsp3) is 0.229. The highest BCUT2D eigenvalue weighted by Crippen LogP contribution is 2.57.